The summed E-state index contributed by atoms with van der Waals surface area (Å²) in [6.07, 6.45) is 1.60. The molecule has 1 aliphatic heterocycles. The minimum atomic E-state index is -0.00646. The molecule has 0 bridgehead atoms. The molecule has 3 aromatic rings. The van der Waals surface area contributed by atoms with Crippen LogP contribution < -0.4 is 5.32 Å². The van der Waals surface area contributed by atoms with Crippen molar-refractivity contribution >= 4 is 23.2 Å². The van der Waals surface area contributed by atoms with E-state index in [-0.39, 0.29) is 11.8 Å². The van der Waals surface area contributed by atoms with E-state index in [1.807, 2.05) is 56.3 Å². The van der Waals surface area contributed by atoms with Crippen LogP contribution in [0.3, 0.4) is 0 Å². The number of piperidine rings is 1. The van der Waals surface area contributed by atoms with E-state index in [9.17, 15) is 4.79 Å². The van der Waals surface area contributed by atoms with Gasteiger partial charge in [-0.2, -0.15) is 4.98 Å². The number of rotatable bonds is 5. The molecule has 1 amide bonds. The average Bonchev–Trinajstić information content (AvgIpc) is 3.21. The predicted molar refractivity (Wildman–Crippen MR) is 117 cm³/mol. The first-order chi connectivity index (χ1) is 14.5. The van der Waals surface area contributed by atoms with Gasteiger partial charge in [-0.3, -0.25) is 9.69 Å². The van der Waals surface area contributed by atoms with E-state index in [2.05, 4.69) is 20.4 Å². The Balaban J connectivity index is 1.30. The lowest BCUT2D eigenvalue weighted by atomic mass is 9.95. The van der Waals surface area contributed by atoms with Crippen LogP contribution in [0.25, 0.3) is 11.5 Å². The lowest BCUT2D eigenvalue weighted by Crippen LogP contribution is -2.38. The van der Waals surface area contributed by atoms with Crippen molar-refractivity contribution in [3.63, 3.8) is 0 Å². The van der Waals surface area contributed by atoms with E-state index in [1.54, 1.807) is 0 Å². The van der Waals surface area contributed by atoms with Gasteiger partial charge in [0.2, 0.25) is 5.91 Å². The van der Waals surface area contributed by atoms with Crippen molar-refractivity contribution in [3.05, 3.63) is 64.4 Å². The number of likely N-dealkylation sites (tertiary alicyclic amines) is 1. The number of hydrogen-bond acceptors (Lipinski definition) is 5. The fourth-order valence-corrected chi connectivity index (χ4v) is 3.84. The molecule has 0 atom stereocenters. The first kappa shape index (κ1) is 20.6. The Morgan fingerprint density at radius 1 is 1.17 bits per heavy atom. The maximum atomic E-state index is 12.7. The molecule has 1 N–H and O–H groups in total. The molecular weight excluding hydrogens is 400 g/mol. The quantitative estimate of drug-likeness (QED) is 0.633. The first-order valence-electron chi connectivity index (χ1n) is 10.2. The number of amides is 1. The number of nitrogens with zero attached hydrogens (tertiary/aromatic N) is 3. The molecule has 1 saturated heterocycles. The van der Waals surface area contributed by atoms with Crippen molar-refractivity contribution in [1.29, 1.82) is 0 Å². The summed E-state index contributed by atoms with van der Waals surface area (Å²) >= 11 is 6.15. The molecule has 30 heavy (non-hydrogen) atoms. The Kier molecular flexibility index (Phi) is 6.16. The Hall–Kier alpha value is -2.70. The van der Waals surface area contributed by atoms with Gasteiger partial charge in [-0.25, -0.2) is 0 Å². The van der Waals surface area contributed by atoms with E-state index >= 15 is 0 Å². The van der Waals surface area contributed by atoms with Crippen LogP contribution >= 0.6 is 11.6 Å². The van der Waals surface area contributed by atoms with Gasteiger partial charge in [-0.15, -0.1) is 0 Å². The Morgan fingerprint density at radius 2 is 1.90 bits per heavy atom. The molecule has 156 valence electrons. The highest BCUT2D eigenvalue weighted by Gasteiger charge is 2.26. The molecule has 0 spiro atoms. The van der Waals surface area contributed by atoms with Gasteiger partial charge in [0.25, 0.3) is 5.89 Å². The zero-order valence-corrected chi connectivity index (χ0v) is 17.9. The largest absolute Gasteiger partial charge is 0.334 e. The third-order valence-electron chi connectivity index (χ3n) is 5.62. The number of hydrogen-bond donors (Lipinski definition) is 1. The Labute approximate surface area is 181 Å². The van der Waals surface area contributed by atoms with Crippen LogP contribution in [0.2, 0.25) is 5.02 Å². The molecule has 7 heteroatoms. The molecule has 0 saturated carbocycles. The maximum absolute atomic E-state index is 12.7. The fraction of sp³-hybridized carbons (Fsp3) is 0.348. The smallest absolute Gasteiger partial charge is 0.257 e. The van der Waals surface area contributed by atoms with E-state index in [1.165, 1.54) is 5.56 Å². The number of benzene rings is 2. The number of aryl methyl sites for hydroxylation is 1. The van der Waals surface area contributed by atoms with Crippen LogP contribution in [-0.4, -0.2) is 34.0 Å². The molecule has 0 aliphatic carbocycles. The summed E-state index contributed by atoms with van der Waals surface area (Å²) in [5.74, 6) is 1.26. The Bertz CT molecular complexity index is 1020. The zero-order chi connectivity index (χ0) is 21.1. The Morgan fingerprint density at radius 3 is 2.63 bits per heavy atom. The van der Waals surface area contributed by atoms with Crippen molar-refractivity contribution in [1.82, 2.24) is 15.0 Å². The molecule has 1 aromatic heterocycles. The standard InChI is InChI=1S/C23H25ClN4O2/c1-15-6-8-18(9-7-15)23-26-21(27-30-23)14-28-12-10-17(11-13-28)22(29)25-20-5-3-4-19(24)16(20)2/h3-9,17H,10-14H2,1-2H3,(H,25,29). The zero-order valence-electron chi connectivity index (χ0n) is 17.2. The molecule has 6 nitrogen and oxygen atoms in total. The highest BCUT2D eigenvalue weighted by Crippen LogP contribution is 2.26. The molecule has 1 fully saturated rings. The van der Waals surface area contributed by atoms with Crippen LogP contribution in [0.4, 0.5) is 5.69 Å². The summed E-state index contributed by atoms with van der Waals surface area (Å²) < 4.78 is 5.42. The summed E-state index contributed by atoms with van der Waals surface area (Å²) in [6.45, 7) is 6.22. The predicted octanol–water partition coefficient (Wildman–Crippen LogP) is 4.86. The summed E-state index contributed by atoms with van der Waals surface area (Å²) in [5, 5.41) is 7.81. The number of aromatic nitrogens is 2. The minimum absolute atomic E-state index is 0.00646. The number of carbonyl (C=O) groups excluding carboxylic acids is 1. The minimum Gasteiger partial charge on any atom is -0.334 e. The van der Waals surface area contributed by atoms with E-state index in [4.69, 9.17) is 16.1 Å². The molecule has 1 aliphatic rings. The number of carbonyl (C=O) groups is 1. The van der Waals surface area contributed by atoms with Crippen molar-refractivity contribution in [2.24, 2.45) is 5.92 Å². The van der Waals surface area contributed by atoms with E-state index < -0.39 is 0 Å². The van der Waals surface area contributed by atoms with Crippen LogP contribution in [0.1, 0.15) is 29.8 Å². The summed E-state index contributed by atoms with van der Waals surface area (Å²) in [4.78, 5) is 19.5. The fourth-order valence-electron chi connectivity index (χ4n) is 3.66. The van der Waals surface area contributed by atoms with E-state index in [0.29, 0.717) is 23.3 Å². The number of halogens is 1. The summed E-state index contributed by atoms with van der Waals surface area (Å²) in [5.41, 5.74) is 3.79. The molecule has 0 unspecified atom stereocenters. The second-order valence-electron chi connectivity index (χ2n) is 7.83. The SMILES string of the molecule is Cc1ccc(-c2nc(CN3CCC(C(=O)Nc4cccc(Cl)c4C)CC3)no2)cc1. The topological polar surface area (TPSA) is 71.3 Å². The van der Waals surface area contributed by atoms with Crippen LogP contribution in [0.5, 0.6) is 0 Å². The monoisotopic (exact) mass is 424 g/mol. The molecule has 2 aromatic carbocycles. The van der Waals surface area contributed by atoms with E-state index in [0.717, 1.165) is 42.7 Å². The lowest BCUT2D eigenvalue weighted by Gasteiger charge is -2.30. The third kappa shape index (κ3) is 4.71. The highest BCUT2D eigenvalue weighted by atomic mass is 35.5. The van der Waals surface area contributed by atoms with Gasteiger partial charge in [-0.05, 0) is 69.6 Å². The van der Waals surface area contributed by atoms with Gasteiger partial charge in [-0.1, -0.05) is 40.5 Å². The summed E-state index contributed by atoms with van der Waals surface area (Å²) in [7, 11) is 0. The molecular formula is C23H25ClN4O2. The van der Waals surface area contributed by atoms with Gasteiger partial charge in [0.15, 0.2) is 5.82 Å². The van der Waals surface area contributed by atoms with Crippen molar-refractivity contribution in [3.8, 4) is 11.5 Å². The summed E-state index contributed by atoms with van der Waals surface area (Å²) in [6, 6.07) is 13.6. The second-order valence-corrected chi connectivity index (χ2v) is 8.24. The molecule has 2 heterocycles. The van der Waals surface area contributed by atoms with Crippen LogP contribution in [-0.2, 0) is 11.3 Å². The van der Waals surface area contributed by atoms with Gasteiger partial charge in [0, 0.05) is 22.2 Å². The number of anilines is 1. The van der Waals surface area contributed by atoms with Gasteiger partial charge in [0.05, 0.1) is 6.54 Å². The van der Waals surface area contributed by atoms with Crippen LogP contribution in [0, 0.1) is 19.8 Å². The normalized spacial score (nSPS) is 15.3. The van der Waals surface area contributed by atoms with Gasteiger partial charge in [0.1, 0.15) is 0 Å². The molecule has 0 radical (unpaired) electrons. The third-order valence-corrected chi connectivity index (χ3v) is 6.03. The first-order valence-corrected chi connectivity index (χ1v) is 10.6. The van der Waals surface area contributed by atoms with Crippen molar-refractivity contribution < 1.29 is 9.32 Å². The van der Waals surface area contributed by atoms with Crippen molar-refractivity contribution in [2.45, 2.75) is 33.2 Å². The van der Waals surface area contributed by atoms with Gasteiger partial charge >= 0.3 is 0 Å². The lowest BCUT2D eigenvalue weighted by molar-refractivity contribution is -0.121. The molecule has 4 rings (SSSR count). The average molecular weight is 425 g/mol. The van der Waals surface area contributed by atoms with Gasteiger partial charge < -0.3 is 9.84 Å². The second kappa shape index (κ2) is 8.98. The van der Waals surface area contributed by atoms with Crippen LogP contribution in [0.15, 0.2) is 47.0 Å². The van der Waals surface area contributed by atoms with Crippen molar-refractivity contribution in [2.75, 3.05) is 18.4 Å². The maximum Gasteiger partial charge on any atom is 0.257 e. The number of nitrogens with one attached hydrogen (secondary N) is 1. The highest BCUT2D eigenvalue weighted by molar-refractivity contribution is 6.31.